The van der Waals surface area contributed by atoms with Crippen LogP contribution in [0.2, 0.25) is 0 Å². The van der Waals surface area contributed by atoms with Gasteiger partial charge in [0.25, 0.3) is 0 Å². The topological polar surface area (TPSA) is 62.5 Å². The summed E-state index contributed by atoms with van der Waals surface area (Å²) in [7, 11) is 1.88. The number of benzene rings is 2. The number of likely N-dealkylation sites (N-methyl/N-ethyl adjacent to an activating group) is 1. The van der Waals surface area contributed by atoms with Crippen LogP contribution in [0.15, 0.2) is 54.6 Å². The van der Waals surface area contributed by atoms with Crippen LogP contribution in [0.3, 0.4) is 0 Å². The number of carbonyl (C=O) groups is 2. The highest BCUT2D eigenvalue weighted by molar-refractivity contribution is 5.88. The number of fused-ring (bicyclic) bond motifs is 3. The zero-order chi connectivity index (χ0) is 20.4. The van der Waals surface area contributed by atoms with E-state index in [9.17, 15) is 14.7 Å². The van der Waals surface area contributed by atoms with Gasteiger partial charge in [-0.2, -0.15) is 0 Å². The van der Waals surface area contributed by atoms with Crippen molar-refractivity contribution in [1.29, 1.82) is 0 Å². The van der Waals surface area contributed by atoms with Crippen molar-refractivity contribution in [2.45, 2.75) is 32.2 Å². The Morgan fingerprint density at radius 1 is 1.10 bits per heavy atom. The highest BCUT2D eigenvalue weighted by Crippen LogP contribution is 2.35. The number of hydrogen-bond donors (Lipinski definition) is 1. The third-order valence-electron chi connectivity index (χ3n) is 5.97. The van der Waals surface area contributed by atoms with Crippen LogP contribution in [0.1, 0.15) is 23.2 Å². The third-order valence-corrected chi connectivity index (χ3v) is 5.97. The van der Waals surface area contributed by atoms with E-state index in [1.54, 1.807) is 0 Å². The summed E-state index contributed by atoms with van der Waals surface area (Å²) in [6, 6.07) is 18.1. The molecule has 0 saturated carbocycles. The number of aliphatic carboxylic acids is 1. The highest BCUT2D eigenvalue weighted by atomic mass is 16.4. The van der Waals surface area contributed by atoms with Gasteiger partial charge in [-0.05, 0) is 42.9 Å². The smallest absolute Gasteiger partial charge is 0.323 e. The lowest BCUT2D eigenvalue weighted by molar-refractivity contribution is -0.138. The average Bonchev–Trinajstić information content (AvgIpc) is 3.05. The molecular weight excluding hydrogens is 364 g/mol. The number of carboxylic acids is 1. The van der Waals surface area contributed by atoms with Crippen LogP contribution in [0.25, 0.3) is 10.9 Å². The van der Waals surface area contributed by atoms with Crippen molar-refractivity contribution in [2.75, 3.05) is 13.6 Å². The van der Waals surface area contributed by atoms with E-state index in [2.05, 4.69) is 12.1 Å². The monoisotopic (exact) mass is 390 g/mol. The lowest BCUT2D eigenvalue weighted by atomic mass is 9.85. The first-order chi connectivity index (χ1) is 14.0. The summed E-state index contributed by atoms with van der Waals surface area (Å²) in [6.45, 7) is 0.665. The molecule has 2 aromatic carbocycles. The van der Waals surface area contributed by atoms with Gasteiger partial charge in [-0.3, -0.25) is 9.59 Å². The molecule has 150 valence electrons. The number of rotatable bonds is 6. The number of carbonyl (C=O) groups excluding carboxylic acids is 1. The molecule has 1 aromatic heterocycles. The molecule has 29 heavy (non-hydrogen) atoms. The molecule has 1 heterocycles. The first kappa shape index (κ1) is 19.2. The molecule has 4 rings (SSSR count). The van der Waals surface area contributed by atoms with E-state index >= 15 is 0 Å². The predicted molar refractivity (Wildman–Crippen MR) is 113 cm³/mol. The molecule has 1 unspecified atom stereocenters. The van der Waals surface area contributed by atoms with Gasteiger partial charge in [0.15, 0.2) is 0 Å². The zero-order valence-corrected chi connectivity index (χ0v) is 16.7. The second kappa shape index (κ2) is 8.11. The molecule has 5 nitrogen and oxygen atoms in total. The van der Waals surface area contributed by atoms with E-state index in [4.69, 9.17) is 0 Å². The van der Waals surface area contributed by atoms with Gasteiger partial charge in [-0.1, -0.05) is 48.5 Å². The van der Waals surface area contributed by atoms with Crippen LogP contribution in [0.4, 0.5) is 0 Å². The summed E-state index contributed by atoms with van der Waals surface area (Å²) < 4.78 is 1.91. The van der Waals surface area contributed by atoms with Crippen molar-refractivity contribution < 1.29 is 14.7 Å². The molecule has 0 saturated heterocycles. The normalized spacial score (nSPS) is 15.8. The maximum Gasteiger partial charge on any atom is 0.323 e. The lowest BCUT2D eigenvalue weighted by Gasteiger charge is -2.27. The molecule has 1 atom stereocenters. The fourth-order valence-corrected chi connectivity index (χ4v) is 4.49. The summed E-state index contributed by atoms with van der Waals surface area (Å²) >= 11 is 0. The standard InChI is InChI=1S/C24H26N2O3/c1-25(14-13-17-7-3-2-4-8-17)24(29)18-11-12-22-20(15-18)19-9-5-6-10-21(19)26(22)16-23(27)28/h2-10,18H,11-16H2,1H3,(H,27,28). The van der Waals surface area contributed by atoms with Gasteiger partial charge < -0.3 is 14.6 Å². The molecule has 0 fully saturated rings. The van der Waals surface area contributed by atoms with Crippen LogP contribution in [-0.4, -0.2) is 40.0 Å². The molecule has 0 aliphatic heterocycles. The Balaban J connectivity index is 1.52. The lowest BCUT2D eigenvalue weighted by Crippen LogP contribution is -2.37. The fourth-order valence-electron chi connectivity index (χ4n) is 4.49. The van der Waals surface area contributed by atoms with Crippen LogP contribution in [-0.2, 0) is 35.4 Å². The fraction of sp³-hybridized carbons (Fsp3) is 0.333. The first-order valence-electron chi connectivity index (χ1n) is 10.1. The summed E-state index contributed by atoms with van der Waals surface area (Å²) in [4.78, 5) is 26.3. The van der Waals surface area contributed by atoms with E-state index in [0.29, 0.717) is 13.0 Å². The van der Waals surface area contributed by atoms with Crippen molar-refractivity contribution >= 4 is 22.8 Å². The summed E-state index contributed by atoms with van der Waals surface area (Å²) in [5.74, 6) is -0.707. The molecule has 1 aliphatic rings. The molecule has 0 radical (unpaired) electrons. The van der Waals surface area contributed by atoms with Crippen LogP contribution in [0, 0.1) is 5.92 Å². The molecule has 0 bridgehead atoms. The molecule has 1 N–H and O–H groups in total. The summed E-state index contributed by atoms with van der Waals surface area (Å²) in [5, 5.41) is 10.4. The second-order valence-corrected chi connectivity index (χ2v) is 7.86. The molecule has 3 aromatic rings. The predicted octanol–water partition coefficient (Wildman–Crippen LogP) is 3.53. The van der Waals surface area contributed by atoms with E-state index < -0.39 is 5.97 Å². The van der Waals surface area contributed by atoms with Gasteiger partial charge in [0.1, 0.15) is 6.54 Å². The minimum atomic E-state index is -0.840. The minimum Gasteiger partial charge on any atom is -0.480 e. The molecule has 5 heteroatoms. The summed E-state index contributed by atoms with van der Waals surface area (Å²) in [6.07, 6.45) is 3.02. The number of carboxylic acid groups (broad SMARTS) is 1. The van der Waals surface area contributed by atoms with Gasteiger partial charge >= 0.3 is 5.97 Å². The van der Waals surface area contributed by atoms with Gasteiger partial charge in [0.05, 0.1) is 0 Å². The SMILES string of the molecule is CN(CCc1ccccc1)C(=O)C1CCc2c(c3ccccc3n2CC(=O)O)C1. The summed E-state index contributed by atoms with van der Waals surface area (Å²) in [5.41, 5.74) is 4.40. The number of aromatic nitrogens is 1. The first-order valence-corrected chi connectivity index (χ1v) is 10.1. The van der Waals surface area contributed by atoms with E-state index in [1.165, 1.54) is 5.56 Å². The van der Waals surface area contributed by atoms with Gasteiger partial charge in [0, 0.05) is 36.1 Å². The van der Waals surface area contributed by atoms with E-state index in [-0.39, 0.29) is 18.4 Å². The van der Waals surface area contributed by atoms with Crippen molar-refractivity contribution in [3.05, 3.63) is 71.4 Å². The Labute approximate surface area is 170 Å². The third kappa shape index (κ3) is 3.90. The van der Waals surface area contributed by atoms with Crippen molar-refractivity contribution in [3.63, 3.8) is 0 Å². The number of para-hydroxylation sites is 1. The van der Waals surface area contributed by atoms with Gasteiger partial charge in [-0.25, -0.2) is 0 Å². The van der Waals surface area contributed by atoms with E-state index in [1.807, 2.05) is 59.0 Å². The molecule has 0 spiro atoms. The quantitative estimate of drug-likeness (QED) is 0.700. The largest absolute Gasteiger partial charge is 0.480 e. The molecule has 1 aliphatic carbocycles. The van der Waals surface area contributed by atoms with Crippen LogP contribution < -0.4 is 0 Å². The zero-order valence-electron chi connectivity index (χ0n) is 16.7. The number of amides is 1. The number of nitrogens with zero attached hydrogens (tertiary/aromatic N) is 2. The van der Waals surface area contributed by atoms with Crippen LogP contribution >= 0.6 is 0 Å². The maximum atomic E-state index is 13.1. The Bertz CT molecular complexity index is 1040. The van der Waals surface area contributed by atoms with Crippen molar-refractivity contribution in [2.24, 2.45) is 5.92 Å². The highest BCUT2D eigenvalue weighted by Gasteiger charge is 2.31. The molecular formula is C24H26N2O3. The molecule has 1 amide bonds. The Morgan fingerprint density at radius 2 is 1.83 bits per heavy atom. The van der Waals surface area contributed by atoms with Gasteiger partial charge in [0.2, 0.25) is 5.91 Å². The Hall–Kier alpha value is -3.08. The van der Waals surface area contributed by atoms with E-state index in [0.717, 1.165) is 41.4 Å². The number of hydrogen-bond acceptors (Lipinski definition) is 2. The van der Waals surface area contributed by atoms with Gasteiger partial charge in [-0.15, -0.1) is 0 Å². The van der Waals surface area contributed by atoms with Crippen molar-refractivity contribution in [3.8, 4) is 0 Å². The Morgan fingerprint density at radius 3 is 2.59 bits per heavy atom. The average molecular weight is 390 g/mol. The van der Waals surface area contributed by atoms with Crippen molar-refractivity contribution in [1.82, 2.24) is 9.47 Å². The maximum absolute atomic E-state index is 13.1. The Kier molecular flexibility index (Phi) is 5.38. The van der Waals surface area contributed by atoms with Crippen LogP contribution in [0.5, 0.6) is 0 Å². The minimum absolute atomic E-state index is 0.0363. The second-order valence-electron chi connectivity index (χ2n) is 7.86.